The van der Waals surface area contributed by atoms with Crippen molar-refractivity contribution in [3.8, 4) is 11.5 Å². The number of cyclic esters (lactones) is 2. The van der Waals surface area contributed by atoms with Crippen molar-refractivity contribution in [2.75, 3.05) is 0 Å². The van der Waals surface area contributed by atoms with E-state index in [1.54, 1.807) is 116 Å². The van der Waals surface area contributed by atoms with Gasteiger partial charge in [0.25, 0.3) is 0 Å². The minimum absolute atomic E-state index is 0.0245. The van der Waals surface area contributed by atoms with Crippen LogP contribution in [0.25, 0.3) is 12.2 Å². The fourth-order valence-electron chi connectivity index (χ4n) is 7.98. The minimum atomic E-state index is -1.01. The minimum Gasteiger partial charge on any atom is -0.507 e. The van der Waals surface area contributed by atoms with Crippen molar-refractivity contribution in [2.24, 2.45) is 0 Å². The number of carbonyl (C=O) groups is 2. The third-order valence-electron chi connectivity index (χ3n) is 11.7. The number of esters is 2. The molecule has 3 rings (SSSR count). The van der Waals surface area contributed by atoms with Gasteiger partial charge in [0.15, 0.2) is 0 Å². The molecule has 1 aliphatic rings. The van der Waals surface area contributed by atoms with Gasteiger partial charge < -0.3 is 60.5 Å². The molecular weight excluding hydrogens is 933 g/mol. The summed E-state index contributed by atoms with van der Waals surface area (Å²) in [5.74, 6) is -2.27. The molecule has 0 spiro atoms. The summed E-state index contributed by atoms with van der Waals surface area (Å²) in [6.07, 6.45) is 22.4. The molecule has 0 radical (unpaired) electrons. The summed E-state index contributed by atoms with van der Waals surface area (Å²) in [6.45, 7) is 7.00. The zero-order chi connectivity index (χ0) is 53.7. The van der Waals surface area contributed by atoms with Crippen LogP contribution in [0.4, 0.5) is 0 Å². The fourth-order valence-corrected chi connectivity index (χ4v) is 7.98. The Morgan fingerprint density at radius 1 is 0.548 bits per heavy atom. The lowest BCUT2D eigenvalue weighted by Gasteiger charge is -2.23. The van der Waals surface area contributed by atoms with Gasteiger partial charge in [0.2, 0.25) is 0 Å². The van der Waals surface area contributed by atoms with Gasteiger partial charge in [0.1, 0.15) is 34.8 Å². The molecule has 73 heavy (non-hydrogen) atoms. The van der Waals surface area contributed by atoms with E-state index in [0.717, 1.165) is 11.1 Å². The van der Waals surface area contributed by atoms with E-state index in [-0.39, 0.29) is 86.8 Å². The Morgan fingerprint density at radius 2 is 0.945 bits per heavy atom. The molecule has 0 saturated heterocycles. The highest BCUT2D eigenvalue weighted by Crippen LogP contribution is 2.28. The van der Waals surface area contributed by atoms with Gasteiger partial charge in [-0.15, -0.1) is 0 Å². The Kier molecular flexibility index (Phi) is 28.3. The summed E-state index contributed by atoms with van der Waals surface area (Å²) >= 11 is 0. The summed E-state index contributed by atoms with van der Waals surface area (Å²) in [7, 11) is 0. The summed E-state index contributed by atoms with van der Waals surface area (Å²) in [5, 5.41) is 106. The molecule has 0 aromatic heterocycles. The van der Waals surface area contributed by atoms with E-state index in [0.29, 0.717) is 17.5 Å². The lowest BCUT2D eigenvalue weighted by molar-refractivity contribution is -0.00345. The molecule has 14 heteroatoms. The number of benzene rings is 2. The number of ether oxygens (including phenoxy) is 2. The number of rotatable bonds is 5. The van der Waals surface area contributed by atoms with Crippen molar-refractivity contribution in [2.45, 2.75) is 159 Å². The van der Waals surface area contributed by atoms with Crippen LogP contribution in [0.15, 0.2) is 145 Å². The largest absolute Gasteiger partial charge is 0.507 e. The monoisotopic (exact) mass is 1010 g/mol. The van der Waals surface area contributed by atoms with Crippen molar-refractivity contribution in [3.63, 3.8) is 0 Å². The highest BCUT2D eigenvalue weighted by molar-refractivity contribution is 5.97. The number of aromatic hydroxyl groups is 2. The van der Waals surface area contributed by atoms with Gasteiger partial charge in [0, 0.05) is 38.5 Å². The van der Waals surface area contributed by atoms with Gasteiger partial charge in [-0.25, -0.2) is 9.59 Å². The highest BCUT2D eigenvalue weighted by atomic mass is 16.6. The zero-order valence-corrected chi connectivity index (χ0v) is 42.5. The first-order valence-corrected chi connectivity index (χ1v) is 25.0. The number of aliphatic hydroxyl groups excluding tert-OH is 8. The molecule has 2 aromatic carbocycles. The molecule has 10 atom stereocenters. The Labute approximate surface area is 430 Å². The Bertz CT molecular complexity index is 2310. The van der Waals surface area contributed by atoms with Crippen molar-refractivity contribution in [3.05, 3.63) is 167 Å². The standard InChI is InChI=1S/C59H78O14/c1-5-45(61)37-53-39-49(65)29-19-27-47(63)36-51(67)33-41(3)20-12-8-6-10-14-22-43-24-16-30-54(68)56(43)58(70)72-52(34-42(4)60)38-48(64)28-18-26-46(62)35-50(66)32-40(2)21-13-9-7-11-15-23-44-25-17-31-55(69)57(44)59(71)73-53/h6-27,30-31,42,45-53,60-69H,5,28-29,32-39H2,1-4H3. The van der Waals surface area contributed by atoms with Gasteiger partial charge in [-0.05, 0) is 76.1 Å². The molecule has 398 valence electrons. The van der Waals surface area contributed by atoms with Crippen molar-refractivity contribution in [1.29, 1.82) is 0 Å². The predicted molar refractivity (Wildman–Crippen MR) is 285 cm³/mol. The van der Waals surface area contributed by atoms with E-state index in [1.807, 2.05) is 26.0 Å². The van der Waals surface area contributed by atoms with Crippen LogP contribution >= 0.6 is 0 Å². The van der Waals surface area contributed by atoms with Crippen LogP contribution in [0.1, 0.15) is 130 Å². The SMILES string of the molecule is CCC(O)CC1CC(O)CC=CC(O)CC(O)CC(C)=CC=CC=CC=Cc2cccc(O)c2C(=O)OC(CC(C)O)CC(O)CC=CC(O)CC(O)CC(C)=CC=CC=CC=Cc2cccc(O)c2C(=O)O1. The molecule has 0 aliphatic carbocycles. The third-order valence-corrected chi connectivity index (χ3v) is 11.7. The summed E-state index contributed by atoms with van der Waals surface area (Å²) in [5.41, 5.74) is 2.28. The van der Waals surface area contributed by atoms with Gasteiger partial charge in [0.05, 0.1) is 48.8 Å². The van der Waals surface area contributed by atoms with Gasteiger partial charge in [-0.3, -0.25) is 0 Å². The van der Waals surface area contributed by atoms with Crippen LogP contribution < -0.4 is 0 Å². The Balaban J connectivity index is 1.83. The van der Waals surface area contributed by atoms with Crippen LogP contribution in [-0.2, 0) is 9.47 Å². The maximum absolute atomic E-state index is 13.5. The van der Waals surface area contributed by atoms with E-state index >= 15 is 0 Å². The number of phenols is 2. The van der Waals surface area contributed by atoms with E-state index in [1.165, 1.54) is 31.2 Å². The smallest absolute Gasteiger partial charge is 0.342 e. The van der Waals surface area contributed by atoms with Crippen LogP contribution in [0, 0.1) is 0 Å². The van der Waals surface area contributed by atoms with E-state index in [4.69, 9.17) is 9.47 Å². The number of carbonyl (C=O) groups excluding carboxylic acids is 2. The van der Waals surface area contributed by atoms with Crippen molar-refractivity contribution >= 4 is 24.1 Å². The topological polar surface area (TPSA) is 255 Å². The normalized spacial score (nSPS) is 25.5. The number of allylic oxidation sites excluding steroid dienone is 12. The van der Waals surface area contributed by atoms with Crippen LogP contribution in [0.3, 0.4) is 0 Å². The molecular formula is C59H78O14. The van der Waals surface area contributed by atoms with Crippen LogP contribution in [-0.4, -0.2) is 124 Å². The average Bonchev–Trinajstić information content (AvgIpc) is 3.30. The first-order valence-electron chi connectivity index (χ1n) is 25.0. The fraction of sp³-hybridized carbons (Fsp3) is 0.424. The molecule has 0 saturated carbocycles. The van der Waals surface area contributed by atoms with Gasteiger partial charge in [-0.2, -0.15) is 0 Å². The van der Waals surface area contributed by atoms with E-state index in [9.17, 15) is 60.7 Å². The molecule has 10 N–H and O–H groups in total. The van der Waals surface area contributed by atoms with Crippen LogP contribution in [0.5, 0.6) is 11.5 Å². The Morgan fingerprint density at radius 3 is 1.36 bits per heavy atom. The van der Waals surface area contributed by atoms with Crippen LogP contribution in [0.2, 0.25) is 0 Å². The lowest BCUT2D eigenvalue weighted by atomic mass is 10.0. The molecule has 10 unspecified atom stereocenters. The average molecular weight is 1010 g/mol. The van der Waals surface area contributed by atoms with Crippen molar-refractivity contribution in [1.82, 2.24) is 0 Å². The summed E-state index contributed by atoms with van der Waals surface area (Å²) in [6, 6.07) is 9.16. The number of fused-ring (bicyclic) bond motifs is 2. The van der Waals surface area contributed by atoms with E-state index < -0.39 is 73.0 Å². The van der Waals surface area contributed by atoms with Gasteiger partial charge >= 0.3 is 11.9 Å². The second-order valence-corrected chi connectivity index (χ2v) is 18.6. The molecule has 0 bridgehead atoms. The second-order valence-electron chi connectivity index (χ2n) is 18.6. The molecule has 1 aliphatic heterocycles. The first kappa shape index (κ1) is 61.4. The number of aliphatic hydroxyl groups is 8. The maximum Gasteiger partial charge on any atom is 0.342 e. The summed E-state index contributed by atoms with van der Waals surface area (Å²) < 4.78 is 11.5. The number of hydrogen-bond acceptors (Lipinski definition) is 14. The zero-order valence-electron chi connectivity index (χ0n) is 42.5. The van der Waals surface area contributed by atoms with Crippen molar-refractivity contribution < 1.29 is 70.1 Å². The number of hydrogen-bond donors (Lipinski definition) is 10. The quantitative estimate of drug-likeness (QED) is 0.0999. The third kappa shape index (κ3) is 25.0. The lowest BCUT2D eigenvalue weighted by Crippen LogP contribution is -2.28. The molecule has 14 nitrogen and oxygen atoms in total. The molecule has 2 aromatic rings. The molecule has 1 heterocycles. The highest BCUT2D eigenvalue weighted by Gasteiger charge is 2.26. The number of phenolic OH excluding ortho intramolecular Hbond substituents is 2. The predicted octanol–water partition coefficient (Wildman–Crippen LogP) is 8.34. The second kappa shape index (κ2) is 33.7. The molecule has 0 fully saturated rings. The maximum atomic E-state index is 13.5. The van der Waals surface area contributed by atoms with Gasteiger partial charge in [-0.1, -0.05) is 152 Å². The van der Waals surface area contributed by atoms with E-state index in [2.05, 4.69) is 0 Å². The Hall–Kier alpha value is -5.94. The summed E-state index contributed by atoms with van der Waals surface area (Å²) in [4.78, 5) is 27.0. The first-order chi connectivity index (χ1) is 34.8. The molecule has 0 amide bonds.